The zero-order chi connectivity index (χ0) is 26.3. The molecule has 0 amide bonds. The number of aromatic nitrogens is 4. The number of aliphatic hydroxyl groups excluding tert-OH is 2. The number of hydrogen-bond acceptors (Lipinski definition) is 12. The number of anilines is 2. The standard InChI is InChI=1S/C24H32N6O5S/c1-12-17(21-28-18-13(2)25-9-7-15(18)36-21)20(30-24(34)8-6-14(11-31)19(24)33)29-22(27-12)26-10-16(32)35-23(3,4)5/h7,9,14,19,31,33-34H,6,8,10-11H2,1-5H3,(H2,26,27,29,30). The van der Waals surface area contributed by atoms with Gasteiger partial charge in [0.1, 0.15) is 34.6 Å². The molecule has 0 saturated heterocycles. The number of nitrogens with one attached hydrogen (secondary N) is 2. The summed E-state index contributed by atoms with van der Waals surface area (Å²) in [4.78, 5) is 30.3. The van der Waals surface area contributed by atoms with Gasteiger partial charge in [0.15, 0.2) is 5.72 Å². The topological polar surface area (TPSA) is 163 Å². The second-order valence-electron chi connectivity index (χ2n) is 10.0. The van der Waals surface area contributed by atoms with Crippen LogP contribution in [0, 0.1) is 19.8 Å². The third-order valence-corrected chi connectivity index (χ3v) is 7.04. The van der Waals surface area contributed by atoms with E-state index in [4.69, 9.17) is 9.72 Å². The second-order valence-corrected chi connectivity index (χ2v) is 11.1. The van der Waals surface area contributed by atoms with Gasteiger partial charge in [0.05, 0.1) is 21.7 Å². The van der Waals surface area contributed by atoms with Crippen molar-refractivity contribution in [3.8, 4) is 10.6 Å². The molecule has 3 heterocycles. The third-order valence-electron chi connectivity index (χ3n) is 6.01. The highest BCUT2D eigenvalue weighted by Crippen LogP contribution is 2.40. The van der Waals surface area contributed by atoms with Crippen LogP contribution in [0.4, 0.5) is 11.8 Å². The molecule has 1 aliphatic rings. The summed E-state index contributed by atoms with van der Waals surface area (Å²) >= 11 is 1.44. The van der Waals surface area contributed by atoms with Crippen molar-refractivity contribution in [2.24, 2.45) is 5.92 Å². The summed E-state index contributed by atoms with van der Waals surface area (Å²) in [5, 5.41) is 38.0. The molecular weight excluding hydrogens is 484 g/mol. The Kier molecular flexibility index (Phi) is 7.15. The van der Waals surface area contributed by atoms with Gasteiger partial charge in [0.2, 0.25) is 5.95 Å². The van der Waals surface area contributed by atoms with Crippen LogP contribution in [-0.4, -0.2) is 71.8 Å². The van der Waals surface area contributed by atoms with Gasteiger partial charge >= 0.3 is 5.97 Å². The van der Waals surface area contributed by atoms with Crippen LogP contribution in [-0.2, 0) is 9.53 Å². The Bertz CT molecular complexity index is 1280. The first-order valence-electron chi connectivity index (χ1n) is 11.8. The lowest BCUT2D eigenvalue weighted by atomic mass is 10.0. The van der Waals surface area contributed by atoms with E-state index >= 15 is 0 Å². The predicted octanol–water partition coefficient (Wildman–Crippen LogP) is 2.38. The Morgan fingerprint density at radius 3 is 2.64 bits per heavy atom. The number of thiazole rings is 1. The largest absolute Gasteiger partial charge is 0.459 e. The fourth-order valence-electron chi connectivity index (χ4n) is 4.25. The van der Waals surface area contributed by atoms with Crippen LogP contribution in [0.3, 0.4) is 0 Å². The van der Waals surface area contributed by atoms with Crippen LogP contribution in [0.2, 0.25) is 0 Å². The van der Waals surface area contributed by atoms with Gasteiger partial charge in [-0.2, -0.15) is 4.98 Å². The highest BCUT2D eigenvalue weighted by Gasteiger charge is 2.47. The molecule has 3 aromatic heterocycles. The molecule has 36 heavy (non-hydrogen) atoms. The van der Waals surface area contributed by atoms with Crippen molar-refractivity contribution in [3.63, 3.8) is 0 Å². The number of pyridine rings is 1. The van der Waals surface area contributed by atoms with E-state index in [1.807, 2.05) is 13.0 Å². The van der Waals surface area contributed by atoms with Crippen molar-refractivity contribution in [2.75, 3.05) is 23.8 Å². The Morgan fingerprint density at radius 1 is 1.25 bits per heavy atom. The van der Waals surface area contributed by atoms with E-state index in [9.17, 15) is 20.1 Å². The summed E-state index contributed by atoms with van der Waals surface area (Å²) in [6.07, 6.45) is 1.17. The van der Waals surface area contributed by atoms with Crippen LogP contribution < -0.4 is 10.6 Å². The lowest BCUT2D eigenvalue weighted by Crippen LogP contribution is -2.48. The molecular formula is C24H32N6O5S. The summed E-state index contributed by atoms with van der Waals surface area (Å²) in [5.74, 6) is -0.528. The minimum Gasteiger partial charge on any atom is -0.459 e. The SMILES string of the molecule is Cc1nc(NCC(=O)OC(C)(C)C)nc(NC2(O)CCC(CO)C2O)c1-c1nc2c(C)nccc2s1. The smallest absolute Gasteiger partial charge is 0.325 e. The molecule has 0 spiro atoms. The van der Waals surface area contributed by atoms with Crippen molar-refractivity contribution in [2.45, 2.75) is 64.9 Å². The molecule has 4 rings (SSSR count). The highest BCUT2D eigenvalue weighted by atomic mass is 32.1. The zero-order valence-corrected chi connectivity index (χ0v) is 21.8. The van der Waals surface area contributed by atoms with Gasteiger partial charge in [0, 0.05) is 18.7 Å². The molecule has 0 aromatic carbocycles. The van der Waals surface area contributed by atoms with E-state index in [1.165, 1.54) is 11.3 Å². The number of fused-ring (bicyclic) bond motifs is 1. The second kappa shape index (κ2) is 9.85. The lowest BCUT2D eigenvalue weighted by molar-refractivity contribution is -0.152. The average molecular weight is 517 g/mol. The summed E-state index contributed by atoms with van der Waals surface area (Å²) < 4.78 is 6.28. The predicted molar refractivity (Wildman–Crippen MR) is 137 cm³/mol. The molecule has 5 N–H and O–H groups in total. The highest BCUT2D eigenvalue weighted by molar-refractivity contribution is 7.21. The minimum absolute atomic E-state index is 0.151. The van der Waals surface area contributed by atoms with E-state index in [-0.39, 0.29) is 31.3 Å². The van der Waals surface area contributed by atoms with Gasteiger partial charge in [0.25, 0.3) is 0 Å². The Labute approximate surface area is 213 Å². The number of nitrogens with zero attached hydrogens (tertiary/aromatic N) is 4. The van der Waals surface area contributed by atoms with E-state index < -0.39 is 29.3 Å². The molecule has 3 unspecified atom stereocenters. The first-order chi connectivity index (χ1) is 16.9. The first kappa shape index (κ1) is 26.1. The maximum absolute atomic E-state index is 12.2. The van der Waals surface area contributed by atoms with E-state index in [0.29, 0.717) is 22.7 Å². The van der Waals surface area contributed by atoms with Crippen molar-refractivity contribution in [1.82, 2.24) is 19.9 Å². The number of carbonyl (C=O) groups is 1. The van der Waals surface area contributed by atoms with Crippen LogP contribution in [0.15, 0.2) is 12.3 Å². The molecule has 194 valence electrons. The molecule has 1 saturated carbocycles. The van der Waals surface area contributed by atoms with Crippen LogP contribution in [0.25, 0.3) is 20.8 Å². The number of aryl methyl sites for hydroxylation is 2. The quantitative estimate of drug-likeness (QED) is 0.231. The van der Waals surface area contributed by atoms with Crippen molar-refractivity contribution in [3.05, 3.63) is 23.7 Å². The third kappa shape index (κ3) is 5.41. The van der Waals surface area contributed by atoms with E-state index in [0.717, 1.165) is 15.9 Å². The van der Waals surface area contributed by atoms with Gasteiger partial charge < -0.3 is 30.7 Å². The molecule has 0 aliphatic heterocycles. The van der Waals surface area contributed by atoms with Gasteiger partial charge in [-0.15, -0.1) is 11.3 Å². The summed E-state index contributed by atoms with van der Waals surface area (Å²) in [6, 6.07) is 1.88. The molecule has 11 nitrogen and oxygen atoms in total. The fourth-order valence-corrected chi connectivity index (χ4v) is 5.36. The molecule has 12 heteroatoms. The van der Waals surface area contributed by atoms with Crippen molar-refractivity contribution in [1.29, 1.82) is 0 Å². The Balaban J connectivity index is 1.73. The first-order valence-corrected chi connectivity index (χ1v) is 12.6. The van der Waals surface area contributed by atoms with Gasteiger partial charge in [-0.25, -0.2) is 9.97 Å². The minimum atomic E-state index is -1.71. The zero-order valence-electron chi connectivity index (χ0n) is 21.0. The number of carbonyl (C=O) groups excluding carboxylic acids is 1. The molecule has 3 atom stereocenters. The monoisotopic (exact) mass is 516 g/mol. The van der Waals surface area contributed by atoms with Gasteiger partial charge in [-0.05, 0) is 53.5 Å². The number of esters is 1. The molecule has 1 aliphatic carbocycles. The maximum Gasteiger partial charge on any atom is 0.325 e. The average Bonchev–Trinajstić information content (AvgIpc) is 3.33. The van der Waals surface area contributed by atoms with Crippen LogP contribution >= 0.6 is 11.3 Å². The number of aliphatic hydroxyl groups is 3. The fraction of sp³-hybridized carbons (Fsp3) is 0.542. The van der Waals surface area contributed by atoms with Crippen molar-refractivity contribution < 1.29 is 24.9 Å². The summed E-state index contributed by atoms with van der Waals surface area (Å²) in [5.41, 5.74) is 0.325. The molecule has 1 fully saturated rings. The van der Waals surface area contributed by atoms with Crippen molar-refractivity contribution >= 4 is 39.3 Å². The Hall–Kier alpha value is -2.93. The molecule has 0 bridgehead atoms. The van der Waals surface area contributed by atoms with Crippen LogP contribution in [0.5, 0.6) is 0 Å². The van der Waals surface area contributed by atoms with E-state index in [2.05, 4.69) is 25.6 Å². The Morgan fingerprint density at radius 2 is 2.00 bits per heavy atom. The summed E-state index contributed by atoms with van der Waals surface area (Å²) in [6.45, 7) is 8.61. The normalized spacial score (nSPS) is 22.1. The van der Waals surface area contributed by atoms with Gasteiger partial charge in [-0.3, -0.25) is 9.78 Å². The number of hydrogen-bond donors (Lipinski definition) is 5. The van der Waals surface area contributed by atoms with Gasteiger partial charge in [-0.1, -0.05) is 0 Å². The van der Waals surface area contributed by atoms with E-state index in [1.54, 1.807) is 33.9 Å². The lowest BCUT2D eigenvalue weighted by Gasteiger charge is -2.31. The molecule has 0 radical (unpaired) electrons. The van der Waals surface area contributed by atoms with Crippen LogP contribution in [0.1, 0.15) is 45.0 Å². The number of ether oxygens (including phenoxy) is 1. The molecule has 3 aromatic rings. The summed E-state index contributed by atoms with van der Waals surface area (Å²) in [7, 11) is 0. The maximum atomic E-state index is 12.2. The number of rotatable bonds is 7.